The molecule has 0 spiro atoms. The molecular weight excluding hydrogens is 913 g/mol. The van der Waals surface area contributed by atoms with E-state index in [0.29, 0.717) is 0 Å². The second kappa shape index (κ2) is 13.3. The van der Waals surface area contributed by atoms with Gasteiger partial charge in [0.15, 0.2) is 0 Å². The van der Waals surface area contributed by atoms with E-state index in [1.807, 2.05) is 0 Å². The Morgan fingerprint density at radius 1 is 0.278 bits per heavy atom. The second-order valence-electron chi connectivity index (χ2n) is 21.5. The molecule has 2 aliphatic heterocycles. The van der Waals surface area contributed by atoms with Crippen molar-refractivity contribution in [3.8, 4) is 44.5 Å². The molecule has 11 aromatic carbocycles. The molecule has 6 heterocycles. The average Bonchev–Trinajstić information content (AvgIpc) is 4.23. The molecule has 0 unspecified atom stereocenters. The first-order valence-corrected chi connectivity index (χ1v) is 31.0. The number of benzene rings is 11. The van der Waals surface area contributed by atoms with E-state index < -0.39 is 16.1 Å². The molecule has 0 saturated heterocycles. The lowest BCUT2D eigenvalue weighted by Crippen LogP contribution is -2.51. The van der Waals surface area contributed by atoms with Crippen molar-refractivity contribution in [2.24, 2.45) is 0 Å². The highest BCUT2D eigenvalue weighted by Gasteiger charge is 2.46. The van der Waals surface area contributed by atoms with Gasteiger partial charge in [0.1, 0.15) is 60.8 Å². The molecule has 0 radical (unpaired) electrons. The van der Waals surface area contributed by atoms with Gasteiger partial charge in [0, 0.05) is 54.2 Å². The Morgan fingerprint density at radius 2 is 0.653 bits per heavy atom. The summed E-state index contributed by atoms with van der Waals surface area (Å²) in [7, 11) is -4.72. The maximum absolute atomic E-state index is 7.13. The minimum Gasteiger partial charge on any atom is -0.456 e. The van der Waals surface area contributed by atoms with Crippen LogP contribution >= 0.6 is 0 Å². The lowest BCUT2D eigenvalue weighted by molar-refractivity contribution is 0.669. The van der Waals surface area contributed by atoms with E-state index in [0.717, 1.165) is 98.9 Å². The fourth-order valence-electron chi connectivity index (χ4n) is 13.4. The van der Waals surface area contributed by atoms with Crippen molar-refractivity contribution in [3.63, 3.8) is 0 Å². The maximum Gasteiger partial charge on any atom is 0.143 e. The lowest BCUT2D eigenvalue weighted by atomic mass is 9.92. The number of hydrogen-bond acceptors (Lipinski definition) is 4. The maximum atomic E-state index is 7.13. The zero-order valence-electron chi connectivity index (χ0n) is 40.0. The van der Waals surface area contributed by atoms with Gasteiger partial charge >= 0.3 is 0 Å². The Kier molecular flexibility index (Phi) is 7.26. The Bertz CT molecular complexity index is 4680. The Morgan fingerprint density at radius 3 is 1.10 bits per heavy atom. The Hall–Kier alpha value is -8.43. The first-order chi connectivity index (χ1) is 35.2. The van der Waals surface area contributed by atoms with Crippen molar-refractivity contribution in [2.45, 2.75) is 26.2 Å². The van der Waals surface area contributed by atoms with E-state index in [1.54, 1.807) is 0 Å². The predicted molar refractivity (Wildman–Crippen MR) is 306 cm³/mol. The summed E-state index contributed by atoms with van der Waals surface area (Å²) in [6.07, 6.45) is 0. The van der Waals surface area contributed by atoms with Crippen molar-refractivity contribution < 1.29 is 17.7 Å². The largest absolute Gasteiger partial charge is 0.456 e. The molecular formula is C66H42O4Si2. The molecule has 4 aromatic heterocycles. The van der Waals surface area contributed by atoms with Crippen molar-refractivity contribution in [1.82, 2.24) is 0 Å². The van der Waals surface area contributed by atoms with E-state index in [1.165, 1.54) is 75.7 Å². The molecule has 0 saturated carbocycles. The number of para-hydroxylation sites is 2. The van der Waals surface area contributed by atoms with Gasteiger partial charge in [-0.05, 0) is 136 Å². The SMILES string of the molecule is C[Si]1(C)c2cc3c(cc2-c2c1cc(-c1ccc4c(c1)oc1cc5ccccc5cc14)c1c2oc2ccccc21)[Si](C)(C)c1cc(-c2ccc4c(c2)oc2cc5ccccc5cc24)c2c(oc4ccccc42)c1-3. The molecule has 17 rings (SSSR count). The van der Waals surface area contributed by atoms with Crippen LogP contribution in [0.25, 0.3) is 154 Å². The van der Waals surface area contributed by atoms with Crippen LogP contribution < -0.4 is 20.7 Å². The van der Waals surface area contributed by atoms with Gasteiger partial charge in [0.05, 0.1) is 0 Å². The lowest BCUT2D eigenvalue weighted by Gasteiger charge is -2.22. The number of furan rings is 4. The first kappa shape index (κ1) is 39.3. The fraction of sp³-hybridized carbons (Fsp3) is 0.0606. The summed E-state index contributed by atoms with van der Waals surface area (Å²) in [5.74, 6) is 0. The van der Waals surface area contributed by atoms with E-state index in [2.05, 4.69) is 208 Å². The molecule has 0 fully saturated rings. The third-order valence-electron chi connectivity index (χ3n) is 17.0. The summed E-state index contributed by atoms with van der Waals surface area (Å²) in [5, 5.41) is 19.6. The molecule has 0 atom stereocenters. The molecule has 0 aliphatic carbocycles. The predicted octanol–water partition coefficient (Wildman–Crippen LogP) is 16.5. The van der Waals surface area contributed by atoms with Crippen LogP contribution in [0.15, 0.2) is 200 Å². The minimum atomic E-state index is -2.36. The third-order valence-corrected chi connectivity index (χ3v) is 24.0. The van der Waals surface area contributed by atoms with E-state index >= 15 is 0 Å². The Labute approximate surface area is 414 Å². The van der Waals surface area contributed by atoms with Gasteiger partial charge in [0.2, 0.25) is 0 Å². The van der Waals surface area contributed by atoms with Crippen LogP contribution in [0.1, 0.15) is 0 Å². The summed E-state index contributed by atoms with van der Waals surface area (Å²) in [4.78, 5) is 0. The van der Waals surface area contributed by atoms with E-state index in [9.17, 15) is 0 Å². The quantitative estimate of drug-likeness (QED) is 0.162. The Balaban J connectivity index is 0.874. The van der Waals surface area contributed by atoms with Gasteiger partial charge in [-0.3, -0.25) is 0 Å². The molecule has 15 aromatic rings. The molecule has 0 bridgehead atoms. The number of fused-ring (bicyclic) bond motifs is 22. The van der Waals surface area contributed by atoms with Crippen LogP contribution in [0.2, 0.25) is 26.2 Å². The highest BCUT2D eigenvalue weighted by Crippen LogP contribution is 2.49. The van der Waals surface area contributed by atoms with Crippen LogP contribution in [0, 0.1) is 0 Å². The molecule has 338 valence electrons. The summed E-state index contributed by atoms with van der Waals surface area (Å²) >= 11 is 0. The number of rotatable bonds is 2. The second-order valence-corrected chi connectivity index (χ2v) is 30.2. The van der Waals surface area contributed by atoms with Crippen molar-refractivity contribution in [2.75, 3.05) is 0 Å². The molecule has 72 heavy (non-hydrogen) atoms. The minimum absolute atomic E-state index is 0.894. The topological polar surface area (TPSA) is 52.6 Å². The summed E-state index contributed by atoms with van der Waals surface area (Å²) < 4.78 is 27.6. The van der Waals surface area contributed by atoms with Crippen LogP contribution in [0.3, 0.4) is 0 Å². The molecule has 2 aliphatic rings. The molecule has 6 heteroatoms. The molecule has 0 N–H and O–H groups in total. The van der Waals surface area contributed by atoms with Crippen molar-refractivity contribution in [1.29, 1.82) is 0 Å². The fourth-order valence-corrected chi connectivity index (χ4v) is 19.5. The smallest absolute Gasteiger partial charge is 0.143 e. The standard InChI is InChI=1S/C66H42O4Si2/c1-71(2)57-33-50-58(34-49(57)63-59(71)31-45(61-43-17-9-11-19-51(43)69-65(61)63)39-21-23-41-47-25-35-13-5-7-15-37(35)27-55(47)67-53(41)29-39)72(3,4)60-32-46(62-44-18-10-12-20-52(44)70-66(62)64(50)60)40-22-24-42-48-26-36-14-6-8-16-38(36)28-56(48)68-54(42)30-40/h5-34H,1-4H3. The summed E-state index contributed by atoms with van der Waals surface area (Å²) in [6, 6.07) is 66.9. The highest BCUT2D eigenvalue weighted by molar-refractivity contribution is 7.06. The summed E-state index contributed by atoms with van der Waals surface area (Å²) in [6.45, 7) is 10.1. The van der Waals surface area contributed by atoms with Gasteiger partial charge in [-0.25, -0.2) is 0 Å². The van der Waals surface area contributed by atoms with Crippen LogP contribution in [0.4, 0.5) is 0 Å². The first-order valence-electron chi connectivity index (χ1n) is 25.0. The van der Waals surface area contributed by atoms with Crippen molar-refractivity contribution in [3.05, 3.63) is 182 Å². The zero-order valence-corrected chi connectivity index (χ0v) is 42.0. The number of hydrogen-bond donors (Lipinski definition) is 0. The van der Waals surface area contributed by atoms with Crippen molar-refractivity contribution >= 4 is 146 Å². The van der Waals surface area contributed by atoms with Crippen LogP contribution in [0.5, 0.6) is 0 Å². The van der Waals surface area contributed by atoms with Gasteiger partial charge < -0.3 is 17.7 Å². The van der Waals surface area contributed by atoms with Gasteiger partial charge in [-0.15, -0.1) is 0 Å². The average molecular weight is 955 g/mol. The monoisotopic (exact) mass is 954 g/mol. The van der Waals surface area contributed by atoms with Gasteiger partial charge in [0.25, 0.3) is 0 Å². The normalized spacial score (nSPS) is 14.6. The van der Waals surface area contributed by atoms with E-state index in [-0.39, 0.29) is 0 Å². The third kappa shape index (κ3) is 4.95. The molecule has 4 nitrogen and oxygen atoms in total. The van der Waals surface area contributed by atoms with E-state index in [4.69, 9.17) is 17.7 Å². The molecule has 0 amide bonds. The summed E-state index contributed by atoms with van der Waals surface area (Å²) in [5.41, 5.74) is 17.2. The highest BCUT2D eigenvalue weighted by atomic mass is 28.3. The van der Waals surface area contributed by atoms with Crippen LogP contribution in [-0.2, 0) is 0 Å². The van der Waals surface area contributed by atoms with Gasteiger partial charge in [-0.1, -0.05) is 148 Å². The zero-order chi connectivity index (χ0) is 47.5. The van der Waals surface area contributed by atoms with Gasteiger partial charge in [-0.2, -0.15) is 0 Å². The van der Waals surface area contributed by atoms with Crippen LogP contribution in [-0.4, -0.2) is 16.1 Å².